The maximum absolute atomic E-state index is 14.1. The molecule has 2 aromatic rings. The summed E-state index contributed by atoms with van der Waals surface area (Å²) in [4.78, 5) is 31.2. The molecule has 1 saturated heterocycles. The summed E-state index contributed by atoms with van der Waals surface area (Å²) >= 11 is 0. The monoisotopic (exact) mass is 532 g/mol. The SMILES string of the molecule is CN(C(=O)C1CN(C(=O)OC(C)(C)C)C1)[C@@H](c1ccc(NC2Cc3ccccc3C2(C)C)cn1)C(F)(F)F. The summed E-state index contributed by atoms with van der Waals surface area (Å²) in [6, 6.07) is 8.95. The van der Waals surface area contributed by atoms with Crippen LogP contribution in [0.2, 0.25) is 0 Å². The fourth-order valence-corrected chi connectivity index (χ4v) is 5.19. The van der Waals surface area contributed by atoms with Crippen LogP contribution in [0.25, 0.3) is 0 Å². The summed E-state index contributed by atoms with van der Waals surface area (Å²) in [7, 11) is 1.13. The number of amides is 2. The van der Waals surface area contributed by atoms with Crippen molar-refractivity contribution in [2.24, 2.45) is 5.92 Å². The first kappa shape index (κ1) is 27.7. The molecule has 0 radical (unpaired) electrons. The Morgan fingerprint density at radius 3 is 2.34 bits per heavy atom. The standard InChI is InChI=1S/C28H35F3N4O3/c1-26(2,3)38-25(37)35-15-18(16-35)24(36)34(6)23(28(29,30)31)21-12-11-19(14-32-21)33-22-13-17-9-7-8-10-20(17)27(22,4)5/h7-12,14,18,22-23,33H,13,15-16H2,1-6H3/t22?,23-/m0/s1. The fraction of sp³-hybridized carbons (Fsp3) is 0.536. The van der Waals surface area contributed by atoms with E-state index in [1.165, 1.54) is 28.3 Å². The van der Waals surface area contributed by atoms with E-state index in [1.807, 2.05) is 12.1 Å². The van der Waals surface area contributed by atoms with Gasteiger partial charge in [-0.3, -0.25) is 9.78 Å². The van der Waals surface area contributed by atoms with E-state index < -0.39 is 35.7 Å². The van der Waals surface area contributed by atoms with Crippen LogP contribution in [-0.2, 0) is 21.4 Å². The first-order valence-corrected chi connectivity index (χ1v) is 12.7. The molecule has 2 amide bonds. The van der Waals surface area contributed by atoms with Crippen LogP contribution in [0.1, 0.15) is 57.5 Å². The number of benzene rings is 1. The summed E-state index contributed by atoms with van der Waals surface area (Å²) in [6.45, 7) is 9.46. The van der Waals surface area contributed by atoms with E-state index >= 15 is 0 Å². The predicted octanol–water partition coefficient (Wildman–Crippen LogP) is 5.32. The van der Waals surface area contributed by atoms with Crippen molar-refractivity contribution in [3.05, 3.63) is 59.4 Å². The number of fused-ring (bicyclic) bond motifs is 1. The molecule has 206 valence electrons. The number of likely N-dealkylation sites (tertiary alicyclic amines) is 1. The van der Waals surface area contributed by atoms with Gasteiger partial charge in [0, 0.05) is 31.6 Å². The minimum Gasteiger partial charge on any atom is -0.444 e. The Balaban J connectivity index is 1.43. The molecule has 7 nitrogen and oxygen atoms in total. The first-order chi connectivity index (χ1) is 17.6. The van der Waals surface area contributed by atoms with E-state index in [4.69, 9.17) is 4.74 Å². The molecule has 1 aromatic heterocycles. The summed E-state index contributed by atoms with van der Waals surface area (Å²) < 4.78 is 47.7. The van der Waals surface area contributed by atoms with Crippen molar-refractivity contribution in [1.29, 1.82) is 0 Å². The largest absolute Gasteiger partial charge is 0.444 e. The quantitative estimate of drug-likeness (QED) is 0.564. The molecule has 2 heterocycles. The number of anilines is 1. The van der Waals surface area contributed by atoms with Gasteiger partial charge < -0.3 is 19.9 Å². The molecular formula is C28H35F3N4O3. The van der Waals surface area contributed by atoms with Gasteiger partial charge in [-0.15, -0.1) is 0 Å². The molecule has 1 aromatic carbocycles. The summed E-state index contributed by atoms with van der Waals surface area (Å²) in [5.41, 5.74) is 1.98. The van der Waals surface area contributed by atoms with Crippen LogP contribution in [0, 0.1) is 5.92 Å². The highest BCUT2D eigenvalue weighted by molar-refractivity contribution is 5.83. The van der Waals surface area contributed by atoms with Gasteiger partial charge in [-0.2, -0.15) is 13.2 Å². The number of nitrogens with one attached hydrogen (secondary N) is 1. The van der Waals surface area contributed by atoms with E-state index in [9.17, 15) is 22.8 Å². The topological polar surface area (TPSA) is 74.8 Å². The third-order valence-corrected chi connectivity index (χ3v) is 7.34. The lowest BCUT2D eigenvalue weighted by Gasteiger charge is -2.41. The number of nitrogens with zero attached hydrogens (tertiary/aromatic N) is 3. The number of carbonyl (C=O) groups excluding carboxylic acids is 2. The number of pyridine rings is 1. The van der Waals surface area contributed by atoms with E-state index in [1.54, 1.807) is 26.8 Å². The zero-order valence-electron chi connectivity index (χ0n) is 22.6. The Kier molecular flexibility index (Phi) is 7.14. The van der Waals surface area contributed by atoms with Crippen molar-refractivity contribution in [2.75, 3.05) is 25.5 Å². The average Bonchev–Trinajstić information content (AvgIpc) is 3.01. The Bertz CT molecular complexity index is 1190. The zero-order chi connectivity index (χ0) is 28.0. The summed E-state index contributed by atoms with van der Waals surface area (Å²) in [6.07, 6.45) is -3.13. The number of alkyl halides is 3. The molecule has 1 N–H and O–H groups in total. The van der Waals surface area contributed by atoms with Gasteiger partial charge in [0.15, 0.2) is 6.04 Å². The second-order valence-electron chi connectivity index (χ2n) is 11.7. The van der Waals surface area contributed by atoms with Crippen molar-refractivity contribution in [1.82, 2.24) is 14.8 Å². The van der Waals surface area contributed by atoms with Crippen LogP contribution in [-0.4, -0.2) is 64.7 Å². The molecule has 1 aliphatic heterocycles. The van der Waals surface area contributed by atoms with Crippen molar-refractivity contribution in [3.63, 3.8) is 0 Å². The minimum absolute atomic E-state index is 0.0124. The summed E-state index contributed by atoms with van der Waals surface area (Å²) in [5.74, 6) is -1.42. The number of carbonyl (C=O) groups is 2. The van der Waals surface area contributed by atoms with Gasteiger partial charge in [-0.25, -0.2) is 4.79 Å². The lowest BCUT2D eigenvalue weighted by Crippen LogP contribution is -2.57. The number of ether oxygens (including phenoxy) is 1. The Morgan fingerprint density at radius 2 is 1.79 bits per heavy atom. The van der Waals surface area contributed by atoms with Gasteiger partial charge in [-0.1, -0.05) is 38.1 Å². The molecule has 1 unspecified atom stereocenters. The smallest absolute Gasteiger partial charge is 0.414 e. The molecule has 2 aliphatic rings. The predicted molar refractivity (Wildman–Crippen MR) is 138 cm³/mol. The van der Waals surface area contributed by atoms with E-state index in [-0.39, 0.29) is 30.2 Å². The third-order valence-electron chi connectivity index (χ3n) is 7.34. The van der Waals surface area contributed by atoms with Crippen LogP contribution in [0.5, 0.6) is 0 Å². The first-order valence-electron chi connectivity index (χ1n) is 12.7. The van der Waals surface area contributed by atoms with Gasteiger partial charge in [0.05, 0.1) is 23.5 Å². The minimum atomic E-state index is -4.73. The molecule has 38 heavy (non-hydrogen) atoms. The molecule has 4 rings (SSSR count). The Morgan fingerprint density at radius 1 is 1.13 bits per heavy atom. The lowest BCUT2D eigenvalue weighted by atomic mass is 9.83. The molecular weight excluding hydrogens is 497 g/mol. The number of halogens is 3. The number of hydrogen-bond acceptors (Lipinski definition) is 5. The van der Waals surface area contributed by atoms with Crippen molar-refractivity contribution in [3.8, 4) is 0 Å². The lowest BCUT2D eigenvalue weighted by molar-refractivity contribution is -0.193. The fourth-order valence-electron chi connectivity index (χ4n) is 5.19. The Hall–Kier alpha value is -3.30. The van der Waals surface area contributed by atoms with E-state index in [0.717, 1.165) is 13.5 Å². The zero-order valence-corrected chi connectivity index (χ0v) is 22.6. The normalized spacial score (nSPS) is 19.8. The second-order valence-corrected chi connectivity index (χ2v) is 11.7. The van der Waals surface area contributed by atoms with Crippen LogP contribution < -0.4 is 5.32 Å². The van der Waals surface area contributed by atoms with Gasteiger partial charge in [0.1, 0.15) is 5.60 Å². The highest BCUT2D eigenvalue weighted by atomic mass is 19.4. The molecule has 2 atom stereocenters. The number of aromatic nitrogens is 1. The molecule has 1 fully saturated rings. The van der Waals surface area contributed by atoms with Crippen LogP contribution in [0.3, 0.4) is 0 Å². The van der Waals surface area contributed by atoms with Crippen molar-refractivity contribution in [2.45, 2.75) is 70.3 Å². The summed E-state index contributed by atoms with van der Waals surface area (Å²) in [5, 5.41) is 3.43. The highest BCUT2D eigenvalue weighted by Gasteiger charge is 2.49. The molecule has 0 saturated carbocycles. The molecule has 1 aliphatic carbocycles. The van der Waals surface area contributed by atoms with Gasteiger partial charge >= 0.3 is 12.3 Å². The maximum atomic E-state index is 14.1. The Labute approximate surface area is 221 Å². The maximum Gasteiger partial charge on any atom is 0.414 e. The van der Waals surface area contributed by atoms with Gasteiger partial charge in [-0.05, 0) is 50.5 Å². The van der Waals surface area contributed by atoms with Gasteiger partial charge in [0.25, 0.3) is 0 Å². The number of rotatable bonds is 5. The second kappa shape index (κ2) is 9.78. The van der Waals surface area contributed by atoms with Crippen LogP contribution in [0.4, 0.5) is 23.7 Å². The molecule has 0 bridgehead atoms. The number of hydrogen-bond donors (Lipinski definition) is 1. The highest BCUT2D eigenvalue weighted by Crippen LogP contribution is 2.41. The van der Waals surface area contributed by atoms with Crippen LogP contribution >= 0.6 is 0 Å². The molecule has 0 spiro atoms. The van der Waals surface area contributed by atoms with E-state index in [2.05, 4.69) is 36.3 Å². The van der Waals surface area contributed by atoms with Gasteiger partial charge in [0.2, 0.25) is 5.91 Å². The van der Waals surface area contributed by atoms with E-state index in [0.29, 0.717) is 10.6 Å². The third kappa shape index (κ3) is 5.59. The van der Waals surface area contributed by atoms with Crippen LogP contribution in [0.15, 0.2) is 42.6 Å². The van der Waals surface area contributed by atoms with Crippen molar-refractivity contribution >= 4 is 17.7 Å². The molecule has 10 heteroatoms. The van der Waals surface area contributed by atoms with Crippen molar-refractivity contribution < 1.29 is 27.5 Å². The average molecular weight is 533 g/mol.